The van der Waals surface area contributed by atoms with Gasteiger partial charge in [-0.3, -0.25) is 9.59 Å². The lowest BCUT2D eigenvalue weighted by Crippen LogP contribution is -2.60. The maximum Gasteiger partial charge on any atom is 0.323 e. The smallest absolute Gasteiger partial charge is 0.323 e. The summed E-state index contributed by atoms with van der Waals surface area (Å²) in [5.41, 5.74) is 2.00. The summed E-state index contributed by atoms with van der Waals surface area (Å²) in [5, 5.41) is 2.89. The Labute approximate surface area is 150 Å². The molecule has 1 saturated heterocycles. The summed E-state index contributed by atoms with van der Waals surface area (Å²) in [7, 11) is 3.39. The van der Waals surface area contributed by atoms with Crippen LogP contribution in [0.2, 0.25) is 0 Å². The van der Waals surface area contributed by atoms with Gasteiger partial charge < -0.3 is 29.8 Å². The van der Waals surface area contributed by atoms with Crippen molar-refractivity contribution >= 4 is 22.8 Å². The first-order valence-electron chi connectivity index (χ1n) is 8.43. The average Bonchev–Trinajstić information content (AvgIpc) is 2.99. The second kappa shape index (κ2) is 7.71. The Morgan fingerprint density at radius 3 is 2.81 bits per heavy atom. The number of H-pyrrole nitrogens is 2. The highest BCUT2D eigenvalue weighted by atomic mass is 16.5. The minimum Gasteiger partial charge on any atom is -0.375 e. The number of amides is 2. The Morgan fingerprint density at radius 2 is 2.04 bits per heavy atom. The Morgan fingerprint density at radius 1 is 1.27 bits per heavy atom. The molecule has 0 saturated carbocycles. The molecule has 1 aromatic carbocycles. The largest absolute Gasteiger partial charge is 0.375 e. The van der Waals surface area contributed by atoms with Crippen LogP contribution in [0.15, 0.2) is 23.0 Å². The molecule has 26 heavy (non-hydrogen) atoms. The molecular formula is C17H23N5O4. The highest BCUT2D eigenvalue weighted by Crippen LogP contribution is 2.12. The molecule has 140 valence electrons. The first-order valence-corrected chi connectivity index (χ1v) is 8.43. The number of rotatable bonds is 5. The van der Waals surface area contributed by atoms with Gasteiger partial charge in [-0.2, -0.15) is 0 Å². The first-order chi connectivity index (χ1) is 12.5. The number of hydrogen-bond acceptors (Lipinski definition) is 5. The number of aromatic amines is 2. The van der Waals surface area contributed by atoms with Crippen LogP contribution in [0, 0.1) is 0 Å². The zero-order chi connectivity index (χ0) is 18.7. The van der Waals surface area contributed by atoms with Gasteiger partial charge in [-0.15, -0.1) is 0 Å². The number of benzene rings is 1. The molecule has 1 aromatic heterocycles. The van der Waals surface area contributed by atoms with Crippen molar-refractivity contribution in [1.29, 1.82) is 0 Å². The van der Waals surface area contributed by atoms with Crippen LogP contribution in [0.4, 0.5) is 0 Å². The van der Waals surface area contributed by atoms with Gasteiger partial charge in [-0.25, -0.2) is 4.79 Å². The Hall–Kier alpha value is -2.65. The zero-order valence-electron chi connectivity index (χ0n) is 14.9. The fourth-order valence-electron chi connectivity index (χ4n) is 3.15. The van der Waals surface area contributed by atoms with E-state index in [0.717, 1.165) is 17.6 Å². The topological polar surface area (TPSA) is 111 Å². The van der Waals surface area contributed by atoms with Gasteiger partial charge in [-0.05, 0) is 24.7 Å². The first kappa shape index (κ1) is 18.2. The molecule has 0 aliphatic carbocycles. The van der Waals surface area contributed by atoms with Crippen molar-refractivity contribution in [2.75, 3.05) is 40.4 Å². The standard InChI is InChI=1S/C17H23N5O4/c1-21-5-6-22(15(23)10-26-2)14(9-21)16(24)18-8-11-3-4-12-13(7-11)20-17(25)19-12/h3-4,7,14H,5-6,8-10H2,1-2H3,(H,18,24)(H2,19,20,25)/t14-/m0/s1. The van der Waals surface area contributed by atoms with Gasteiger partial charge in [0.05, 0.1) is 11.0 Å². The van der Waals surface area contributed by atoms with Gasteiger partial charge in [-0.1, -0.05) is 6.07 Å². The van der Waals surface area contributed by atoms with Crippen molar-refractivity contribution < 1.29 is 14.3 Å². The molecule has 1 aliphatic rings. The van der Waals surface area contributed by atoms with Crippen molar-refractivity contribution in [3.8, 4) is 0 Å². The summed E-state index contributed by atoms with van der Waals surface area (Å²) < 4.78 is 4.92. The maximum atomic E-state index is 12.7. The van der Waals surface area contributed by atoms with Crippen LogP contribution < -0.4 is 11.0 Å². The van der Waals surface area contributed by atoms with Gasteiger partial charge >= 0.3 is 5.69 Å². The number of fused-ring (bicyclic) bond motifs is 1. The third kappa shape index (κ3) is 3.94. The molecule has 1 fully saturated rings. The number of piperazine rings is 1. The molecule has 1 aliphatic heterocycles. The Balaban J connectivity index is 1.67. The van der Waals surface area contributed by atoms with Gasteiger partial charge in [0.1, 0.15) is 12.6 Å². The fourth-order valence-corrected chi connectivity index (χ4v) is 3.15. The number of imidazole rings is 1. The Bertz CT molecular complexity index is 858. The molecule has 3 N–H and O–H groups in total. The molecule has 0 spiro atoms. The van der Waals surface area contributed by atoms with Crippen LogP contribution in [0.3, 0.4) is 0 Å². The van der Waals surface area contributed by atoms with Crippen LogP contribution in [0.25, 0.3) is 11.0 Å². The summed E-state index contributed by atoms with van der Waals surface area (Å²) in [5.74, 6) is -0.393. The molecular weight excluding hydrogens is 338 g/mol. The lowest BCUT2D eigenvalue weighted by atomic mass is 10.1. The third-order valence-corrected chi connectivity index (χ3v) is 4.52. The van der Waals surface area contributed by atoms with E-state index in [9.17, 15) is 14.4 Å². The van der Waals surface area contributed by atoms with Gasteiger partial charge in [0.15, 0.2) is 0 Å². The summed E-state index contributed by atoms with van der Waals surface area (Å²) in [4.78, 5) is 45.2. The predicted octanol–water partition coefficient (Wildman–Crippen LogP) is -0.739. The zero-order valence-corrected chi connectivity index (χ0v) is 14.9. The van der Waals surface area contributed by atoms with Crippen LogP contribution in [-0.2, 0) is 20.9 Å². The molecule has 0 radical (unpaired) electrons. The molecule has 2 heterocycles. The molecule has 9 nitrogen and oxygen atoms in total. The van der Waals surface area contributed by atoms with Gasteiger partial charge in [0.2, 0.25) is 11.8 Å². The van der Waals surface area contributed by atoms with Crippen molar-refractivity contribution in [3.05, 3.63) is 34.2 Å². The van der Waals surface area contributed by atoms with Crippen LogP contribution in [0.5, 0.6) is 0 Å². The van der Waals surface area contributed by atoms with Gasteiger partial charge in [0, 0.05) is 33.3 Å². The monoisotopic (exact) mass is 361 g/mol. The number of methoxy groups -OCH3 is 1. The van der Waals surface area contributed by atoms with Crippen LogP contribution >= 0.6 is 0 Å². The van der Waals surface area contributed by atoms with Crippen molar-refractivity contribution in [2.24, 2.45) is 0 Å². The number of hydrogen-bond donors (Lipinski definition) is 3. The van der Waals surface area contributed by atoms with Crippen molar-refractivity contribution in [2.45, 2.75) is 12.6 Å². The summed E-state index contributed by atoms with van der Waals surface area (Å²) in [6.07, 6.45) is 0. The number of nitrogens with one attached hydrogen (secondary N) is 3. The molecule has 2 aromatic rings. The van der Waals surface area contributed by atoms with E-state index in [1.807, 2.05) is 24.1 Å². The molecule has 3 rings (SSSR count). The SMILES string of the molecule is COCC(=O)N1CCN(C)C[C@H]1C(=O)NCc1ccc2[nH]c(=O)[nH]c2c1. The molecule has 0 bridgehead atoms. The molecule has 9 heteroatoms. The third-order valence-electron chi connectivity index (χ3n) is 4.52. The highest BCUT2D eigenvalue weighted by molar-refractivity contribution is 5.88. The van der Waals surface area contributed by atoms with E-state index in [0.29, 0.717) is 25.2 Å². The highest BCUT2D eigenvalue weighted by Gasteiger charge is 2.33. The fraction of sp³-hybridized carbons (Fsp3) is 0.471. The van der Waals surface area contributed by atoms with Gasteiger partial charge in [0.25, 0.3) is 0 Å². The Kier molecular flexibility index (Phi) is 5.38. The molecule has 0 unspecified atom stereocenters. The van der Waals surface area contributed by atoms with E-state index >= 15 is 0 Å². The van der Waals surface area contributed by atoms with E-state index in [-0.39, 0.29) is 24.1 Å². The van der Waals surface area contributed by atoms with E-state index < -0.39 is 6.04 Å². The summed E-state index contributed by atoms with van der Waals surface area (Å²) in [6.45, 7) is 1.97. The molecule has 2 amide bonds. The number of carbonyl (C=O) groups excluding carboxylic acids is 2. The number of nitrogens with zero attached hydrogens (tertiary/aromatic N) is 2. The molecule has 1 atom stereocenters. The number of aromatic nitrogens is 2. The van der Waals surface area contributed by atoms with E-state index in [1.54, 1.807) is 11.0 Å². The summed E-state index contributed by atoms with van der Waals surface area (Å²) in [6, 6.07) is 4.89. The average molecular weight is 361 g/mol. The van der Waals surface area contributed by atoms with E-state index in [2.05, 4.69) is 15.3 Å². The maximum absolute atomic E-state index is 12.7. The lowest BCUT2D eigenvalue weighted by molar-refractivity contribution is -0.146. The normalized spacial score (nSPS) is 18.2. The van der Waals surface area contributed by atoms with Crippen LogP contribution in [0.1, 0.15) is 5.56 Å². The quantitative estimate of drug-likeness (QED) is 0.650. The van der Waals surface area contributed by atoms with E-state index in [1.165, 1.54) is 7.11 Å². The number of carbonyl (C=O) groups is 2. The minimum atomic E-state index is -0.549. The summed E-state index contributed by atoms with van der Waals surface area (Å²) >= 11 is 0. The number of ether oxygens (including phenoxy) is 1. The second-order valence-electron chi connectivity index (χ2n) is 6.48. The second-order valence-corrected chi connectivity index (χ2v) is 6.48. The van der Waals surface area contributed by atoms with Crippen LogP contribution in [-0.4, -0.2) is 78.0 Å². The lowest BCUT2D eigenvalue weighted by Gasteiger charge is -2.39. The van der Waals surface area contributed by atoms with E-state index in [4.69, 9.17) is 4.74 Å². The minimum absolute atomic E-state index is 0.0367. The van der Waals surface area contributed by atoms with Crippen molar-refractivity contribution in [1.82, 2.24) is 25.1 Å². The predicted molar refractivity (Wildman–Crippen MR) is 95.6 cm³/mol. The van der Waals surface area contributed by atoms with Crippen molar-refractivity contribution in [3.63, 3.8) is 0 Å². The number of likely N-dealkylation sites (N-methyl/N-ethyl adjacent to an activating group) is 1.